The highest BCUT2D eigenvalue weighted by atomic mass is 16.3. The number of hydrogen-bond donors (Lipinski definition) is 1. The monoisotopic (exact) mass is 126 g/mol. The van der Waals surface area contributed by atoms with Crippen LogP contribution in [0, 0.1) is 17.3 Å². The SMILES string of the molecule is CC1(CO)C[C@H]2C[C@H]2C1. The molecule has 0 aromatic carbocycles. The van der Waals surface area contributed by atoms with Crippen molar-refractivity contribution >= 4 is 0 Å². The predicted octanol–water partition coefficient (Wildman–Crippen LogP) is 1.41. The lowest BCUT2D eigenvalue weighted by Gasteiger charge is -2.21. The Hall–Kier alpha value is -0.0400. The maximum atomic E-state index is 8.96. The molecule has 0 aromatic heterocycles. The van der Waals surface area contributed by atoms with Crippen molar-refractivity contribution in [3.63, 3.8) is 0 Å². The van der Waals surface area contributed by atoms with E-state index in [-0.39, 0.29) is 0 Å². The van der Waals surface area contributed by atoms with Gasteiger partial charge in [-0.25, -0.2) is 0 Å². The first kappa shape index (κ1) is 5.72. The minimum atomic E-state index is 0.313. The summed E-state index contributed by atoms with van der Waals surface area (Å²) in [4.78, 5) is 0. The molecule has 0 radical (unpaired) electrons. The van der Waals surface area contributed by atoms with Gasteiger partial charge in [-0.1, -0.05) is 6.92 Å². The fraction of sp³-hybridized carbons (Fsp3) is 1.00. The Bertz CT molecular complexity index is 121. The van der Waals surface area contributed by atoms with Crippen molar-refractivity contribution in [1.82, 2.24) is 0 Å². The van der Waals surface area contributed by atoms with Crippen LogP contribution in [0.25, 0.3) is 0 Å². The van der Waals surface area contributed by atoms with Crippen molar-refractivity contribution in [3.05, 3.63) is 0 Å². The third-order valence-corrected chi connectivity index (χ3v) is 2.96. The molecule has 0 amide bonds. The smallest absolute Gasteiger partial charge is 0.0484 e. The van der Waals surface area contributed by atoms with Crippen LogP contribution >= 0.6 is 0 Å². The van der Waals surface area contributed by atoms with E-state index < -0.39 is 0 Å². The second-order valence-corrected chi connectivity index (χ2v) is 4.13. The first-order valence-corrected chi connectivity index (χ1v) is 3.84. The molecule has 2 fully saturated rings. The molecule has 9 heavy (non-hydrogen) atoms. The molecule has 0 heterocycles. The van der Waals surface area contributed by atoms with E-state index in [1.54, 1.807) is 0 Å². The van der Waals surface area contributed by atoms with E-state index in [4.69, 9.17) is 5.11 Å². The summed E-state index contributed by atoms with van der Waals surface area (Å²) in [5.74, 6) is 2.00. The lowest BCUT2D eigenvalue weighted by Crippen LogP contribution is -2.18. The van der Waals surface area contributed by atoms with E-state index in [0.717, 1.165) is 11.8 Å². The van der Waals surface area contributed by atoms with Crippen molar-refractivity contribution in [2.75, 3.05) is 6.61 Å². The highest BCUT2D eigenvalue weighted by molar-refractivity contribution is 5.01. The van der Waals surface area contributed by atoms with Crippen LogP contribution in [0.1, 0.15) is 26.2 Å². The fourth-order valence-electron chi connectivity index (χ4n) is 2.29. The number of rotatable bonds is 1. The van der Waals surface area contributed by atoms with Crippen LogP contribution in [0.3, 0.4) is 0 Å². The van der Waals surface area contributed by atoms with Crippen LogP contribution in [0.2, 0.25) is 0 Å². The van der Waals surface area contributed by atoms with Gasteiger partial charge >= 0.3 is 0 Å². The summed E-state index contributed by atoms with van der Waals surface area (Å²) in [6.45, 7) is 2.61. The molecule has 0 bridgehead atoms. The van der Waals surface area contributed by atoms with E-state index in [1.165, 1.54) is 19.3 Å². The Morgan fingerprint density at radius 1 is 1.44 bits per heavy atom. The fourth-order valence-corrected chi connectivity index (χ4v) is 2.29. The second kappa shape index (κ2) is 1.51. The zero-order valence-corrected chi connectivity index (χ0v) is 5.93. The highest BCUT2D eigenvalue weighted by Gasteiger charge is 2.51. The van der Waals surface area contributed by atoms with Gasteiger partial charge in [-0.15, -0.1) is 0 Å². The molecule has 1 N–H and O–H groups in total. The molecule has 1 unspecified atom stereocenters. The summed E-state index contributed by atoms with van der Waals surface area (Å²) >= 11 is 0. The van der Waals surface area contributed by atoms with E-state index in [2.05, 4.69) is 6.92 Å². The topological polar surface area (TPSA) is 20.2 Å². The van der Waals surface area contributed by atoms with Gasteiger partial charge in [-0.2, -0.15) is 0 Å². The Labute approximate surface area is 56.1 Å². The summed E-state index contributed by atoms with van der Waals surface area (Å²) in [6, 6.07) is 0. The van der Waals surface area contributed by atoms with Crippen LogP contribution in [-0.2, 0) is 0 Å². The molecule has 1 heteroatoms. The van der Waals surface area contributed by atoms with Gasteiger partial charge < -0.3 is 5.11 Å². The molecule has 0 aliphatic heterocycles. The molecule has 0 aromatic rings. The van der Waals surface area contributed by atoms with Gasteiger partial charge in [0.25, 0.3) is 0 Å². The summed E-state index contributed by atoms with van der Waals surface area (Å²) in [5.41, 5.74) is 0.313. The molecular weight excluding hydrogens is 112 g/mol. The maximum Gasteiger partial charge on any atom is 0.0484 e. The molecular formula is C8H14O. The minimum absolute atomic E-state index is 0.313. The highest BCUT2D eigenvalue weighted by Crippen LogP contribution is 2.59. The molecule has 1 nitrogen and oxygen atoms in total. The lowest BCUT2D eigenvalue weighted by atomic mass is 9.86. The van der Waals surface area contributed by atoms with Crippen LogP contribution < -0.4 is 0 Å². The van der Waals surface area contributed by atoms with E-state index in [9.17, 15) is 0 Å². The number of aliphatic hydroxyl groups is 1. The Morgan fingerprint density at radius 3 is 2.33 bits per heavy atom. The van der Waals surface area contributed by atoms with E-state index in [0.29, 0.717) is 12.0 Å². The van der Waals surface area contributed by atoms with Crippen LogP contribution in [0.4, 0.5) is 0 Å². The predicted molar refractivity (Wildman–Crippen MR) is 36.0 cm³/mol. The second-order valence-electron chi connectivity index (χ2n) is 4.13. The van der Waals surface area contributed by atoms with Gasteiger partial charge in [0.05, 0.1) is 0 Å². The summed E-state index contributed by atoms with van der Waals surface area (Å²) in [5, 5.41) is 8.96. The quantitative estimate of drug-likeness (QED) is 0.563. The first-order valence-electron chi connectivity index (χ1n) is 3.84. The molecule has 2 aliphatic rings. The molecule has 0 saturated heterocycles. The van der Waals surface area contributed by atoms with Crippen molar-refractivity contribution in [1.29, 1.82) is 0 Å². The molecule has 2 saturated carbocycles. The standard InChI is InChI=1S/C8H14O/c1-8(5-9)3-6-2-7(6)4-8/h6-7,9H,2-5H2,1H3/t6-,7+,8?. The molecule has 0 spiro atoms. The van der Waals surface area contributed by atoms with E-state index in [1.807, 2.05) is 0 Å². The Morgan fingerprint density at radius 2 is 2.00 bits per heavy atom. The third-order valence-electron chi connectivity index (χ3n) is 2.96. The van der Waals surface area contributed by atoms with Crippen LogP contribution in [0.5, 0.6) is 0 Å². The first-order chi connectivity index (χ1) is 4.23. The van der Waals surface area contributed by atoms with Crippen LogP contribution in [-0.4, -0.2) is 11.7 Å². The largest absolute Gasteiger partial charge is 0.396 e. The van der Waals surface area contributed by atoms with Gasteiger partial charge in [0.1, 0.15) is 0 Å². The average Bonchev–Trinajstić information content (AvgIpc) is 2.42. The summed E-state index contributed by atoms with van der Waals surface area (Å²) in [7, 11) is 0. The van der Waals surface area contributed by atoms with Crippen molar-refractivity contribution in [2.45, 2.75) is 26.2 Å². The summed E-state index contributed by atoms with van der Waals surface area (Å²) in [6.07, 6.45) is 4.03. The zero-order valence-electron chi connectivity index (χ0n) is 5.93. The Balaban J connectivity index is 2.02. The number of aliphatic hydroxyl groups excluding tert-OH is 1. The van der Waals surface area contributed by atoms with Gasteiger partial charge in [0.15, 0.2) is 0 Å². The lowest BCUT2D eigenvalue weighted by molar-refractivity contribution is 0.135. The van der Waals surface area contributed by atoms with Crippen molar-refractivity contribution in [3.8, 4) is 0 Å². The van der Waals surface area contributed by atoms with Gasteiger partial charge in [0.2, 0.25) is 0 Å². The molecule has 2 aliphatic carbocycles. The molecule has 3 atom stereocenters. The molecule has 2 rings (SSSR count). The average molecular weight is 126 g/mol. The van der Waals surface area contributed by atoms with Gasteiger partial charge in [0, 0.05) is 6.61 Å². The third kappa shape index (κ3) is 0.787. The molecule has 52 valence electrons. The van der Waals surface area contributed by atoms with Crippen molar-refractivity contribution < 1.29 is 5.11 Å². The van der Waals surface area contributed by atoms with Gasteiger partial charge in [-0.3, -0.25) is 0 Å². The Kier molecular flexibility index (Phi) is 0.963. The van der Waals surface area contributed by atoms with Gasteiger partial charge in [-0.05, 0) is 36.5 Å². The minimum Gasteiger partial charge on any atom is -0.396 e. The summed E-state index contributed by atoms with van der Waals surface area (Å²) < 4.78 is 0. The number of hydrogen-bond acceptors (Lipinski definition) is 1. The van der Waals surface area contributed by atoms with Crippen LogP contribution in [0.15, 0.2) is 0 Å². The zero-order chi connectivity index (χ0) is 6.48. The van der Waals surface area contributed by atoms with E-state index >= 15 is 0 Å². The number of fused-ring (bicyclic) bond motifs is 1. The van der Waals surface area contributed by atoms with Crippen molar-refractivity contribution in [2.24, 2.45) is 17.3 Å². The maximum absolute atomic E-state index is 8.96. The normalized spacial score (nSPS) is 55.3.